The molecule has 1 atom stereocenters. The molecule has 43 heavy (non-hydrogen) atoms. The van der Waals surface area contributed by atoms with E-state index in [0.717, 1.165) is 31.0 Å². The summed E-state index contributed by atoms with van der Waals surface area (Å²) in [6.07, 6.45) is 1.02. The zero-order valence-corrected chi connectivity index (χ0v) is 27.3. The minimum Gasteiger partial charge on any atom is -0.354 e. The van der Waals surface area contributed by atoms with E-state index in [1.807, 2.05) is 68.4 Å². The Labute approximate surface area is 268 Å². The number of rotatable bonds is 13. The first-order valence-electron chi connectivity index (χ1n) is 14.2. The molecule has 0 radical (unpaired) electrons. The van der Waals surface area contributed by atoms with Crippen LogP contribution in [0, 0.1) is 10.5 Å². The second kappa shape index (κ2) is 15.2. The molecule has 0 bridgehead atoms. The molecular formula is C34H36IN3O4S. The van der Waals surface area contributed by atoms with Crippen LogP contribution in [0.15, 0.2) is 114 Å². The molecule has 0 saturated heterocycles. The molecule has 4 aromatic rings. The highest BCUT2D eigenvalue weighted by atomic mass is 127. The van der Waals surface area contributed by atoms with Gasteiger partial charge in [0.25, 0.3) is 10.0 Å². The smallest absolute Gasteiger partial charge is 0.264 e. The molecule has 0 aliphatic carbocycles. The Morgan fingerprint density at radius 2 is 1.47 bits per heavy atom. The van der Waals surface area contributed by atoms with Gasteiger partial charge in [-0.2, -0.15) is 0 Å². The van der Waals surface area contributed by atoms with Crippen molar-refractivity contribution in [1.29, 1.82) is 0 Å². The maximum Gasteiger partial charge on any atom is 0.264 e. The van der Waals surface area contributed by atoms with Gasteiger partial charge in [-0.05, 0) is 83.5 Å². The second-order valence-electron chi connectivity index (χ2n) is 10.3. The Morgan fingerprint density at radius 3 is 2.09 bits per heavy atom. The zero-order chi connectivity index (χ0) is 30.8. The van der Waals surface area contributed by atoms with Crippen LogP contribution in [0.25, 0.3) is 0 Å². The summed E-state index contributed by atoms with van der Waals surface area (Å²) in [6.45, 7) is 4.07. The van der Waals surface area contributed by atoms with Crippen LogP contribution >= 0.6 is 22.6 Å². The topological polar surface area (TPSA) is 86.8 Å². The van der Waals surface area contributed by atoms with E-state index in [2.05, 4.69) is 27.9 Å². The summed E-state index contributed by atoms with van der Waals surface area (Å²) in [5.41, 5.74) is 3.13. The molecule has 224 valence electrons. The van der Waals surface area contributed by atoms with Gasteiger partial charge in [0.05, 0.1) is 10.6 Å². The van der Waals surface area contributed by atoms with Crippen LogP contribution in [0.1, 0.15) is 30.0 Å². The number of hydrogen-bond donors (Lipinski definition) is 1. The van der Waals surface area contributed by atoms with Crippen molar-refractivity contribution in [3.05, 3.63) is 129 Å². The summed E-state index contributed by atoms with van der Waals surface area (Å²) in [5, 5.41) is 2.97. The molecule has 0 aromatic heterocycles. The van der Waals surface area contributed by atoms with Crippen LogP contribution in [0.3, 0.4) is 0 Å². The van der Waals surface area contributed by atoms with Gasteiger partial charge in [-0.15, -0.1) is 0 Å². The average molecular weight is 710 g/mol. The van der Waals surface area contributed by atoms with Crippen LogP contribution < -0.4 is 9.62 Å². The van der Waals surface area contributed by atoms with Crippen molar-refractivity contribution in [3.8, 4) is 0 Å². The van der Waals surface area contributed by atoms with Gasteiger partial charge in [0.1, 0.15) is 12.6 Å². The lowest BCUT2D eigenvalue weighted by molar-refractivity contribution is -0.140. The van der Waals surface area contributed by atoms with E-state index in [-0.39, 0.29) is 23.8 Å². The Kier molecular flexibility index (Phi) is 11.4. The molecule has 0 spiro atoms. The summed E-state index contributed by atoms with van der Waals surface area (Å²) in [4.78, 5) is 29.7. The van der Waals surface area contributed by atoms with E-state index in [0.29, 0.717) is 12.2 Å². The fraction of sp³-hybridized carbons (Fsp3) is 0.235. The molecule has 4 rings (SSSR count). The Bertz CT molecular complexity index is 1610. The Hall–Kier alpha value is -3.70. The van der Waals surface area contributed by atoms with Crippen molar-refractivity contribution in [1.82, 2.24) is 10.2 Å². The number of aryl methyl sites for hydroxylation is 1. The standard InChI is InChI=1S/C34H36IN3O4S/c1-3-21-36-34(40)32(23-27-12-6-4-7-13-27)37(24-28-14-10-11-26(2)22-28)33(39)25-38(30-19-17-29(35)18-20-30)43(41,42)31-15-8-5-9-16-31/h4-20,22,32H,3,21,23-25H2,1-2H3,(H,36,40)/t32-/m1/s1. The third-order valence-corrected chi connectivity index (χ3v) is 9.49. The van der Waals surface area contributed by atoms with Crippen LogP contribution in [0.5, 0.6) is 0 Å². The van der Waals surface area contributed by atoms with Gasteiger partial charge in [-0.3, -0.25) is 13.9 Å². The normalized spacial score (nSPS) is 11.9. The van der Waals surface area contributed by atoms with Gasteiger partial charge >= 0.3 is 0 Å². The van der Waals surface area contributed by atoms with E-state index in [1.165, 1.54) is 17.0 Å². The van der Waals surface area contributed by atoms with Crippen LogP contribution in [-0.4, -0.2) is 44.3 Å². The minimum absolute atomic E-state index is 0.0770. The van der Waals surface area contributed by atoms with E-state index in [4.69, 9.17) is 0 Å². The van der Waals surface area contributed by atoms with Crippen LogP contribution in [0.4, 0.5) is 5.69 Å². The van der Waals surface area contributed by atoms with Gasteiger partial charge in [0.15, 0.2) is 0 Å². The third-order valence-electron chi connectivity index (χ3n) is 6.98. The molecule has 7 nitrogen and oxygen atoms in total. The SMILES string of the molecule is CCCNC(=O)[C@@H](Cc1ccccc1)N(Cc1cccc(C)c1)C(=O)CN(c1ccc(I)cc1)S(=O)(=O)c1ccccc1. The van der Waals surface area contributed by atoms with Crippen LogP contribution in [-0.2, 0) is 32.6 Å². The third kappa shape index (κ3) is 8.67. The summed E-state index contributed by atoms with van der Waals surface area (Å²) in [7, 11) is -4.11. The molecule has 0 aliphatic rings. The molecule has 0 aliphatic heterocycles. The number of nitrogens with one attached hydrogen (secondary N) is 1. The lowest BCUT2D eigenvalue weighted by atomic mass is 10.0. The number of sulfonamides is 1. The van der Waals surface area contributed by atoms with Crippen molar-refractivity contribution in [2.45, 2.75) is 44.2 Å². The molecular weight excluding hydrogens is 673 g/mol. The van der Waals surface area contributed by atoms with Crippen molar-refractivity contribution in [2.75, 3.05) is 17.4 Å². The molecule has 1 N–H and O–H groups in total. The summed E-state index contributed by atoms with van der Waals surface area (Å²) in [5.74, 6) is -0.759. The monoisotopic (exact) mass is 709 g/mol. The number of carbonyl (C=O) groups excluding carboxylic acids is 2. The molecule has 4 aromatic carbocycles. The van der Waals surface area contributed by atoms with Crippen molar-refractivity contribution in [3.63, 3.8) is 0 Å². The summed E-state index contributed by atoms with van der Waals surface area (Å²) >= 11 is 2.15. The highest BCUT2D eigenvalue weighted by Crippen LogP contribution is 2.26. The minimum atomic E-state index is -4.11. The highest BCUT2D eigenvalue weighted by molar-refractivity contribution is 14.1. The first-order valence-corrected chi connectivity index (χ1v) is 16.7. The largest absolute Gasteiger partial charge is 0.354 e. The maximum atomic E-state index is 14.4. The molecule has 0 heterocycles. The van der Waals surface area contributed by atoms with E-state index >= 15 is 0 Å². The number of amides is 2. The number of nitrogens with zero attached hydrogens (tertiary/aromatic N) is 2. The quantitative estimate of drug-likeness (QED) is 0.174. The molecule has 0 unspecified atom stereocenters. The van der Waals surface area contributed by atoms with Gasteiger partial charge in [0, 0.05) is 23.1 Å². The Morgan fingerprint density at radius 1 is 0.837 bits per heavy atom. The summed E-state index contributed by atoms with van der Waals surface area (Å²) in [6, 6.07) is 31.5. The molecule has 9 heteroatoms. The molecule has 0 fully saturated rings. The average Bonchev–Trinajstić information content (AvgIpc) is 3.01. The first-order chi connectivity index (χ1) is 20.7. The Balaban J connectivity index is 1.78. The lowest BCUT2D eigenvalue weighted by Gasteiger charge is -2.34. The van der Waals surface area contributed by atoms with E-state index < -0.39 is 28.5 Å². The molecule has 2 amide bonds. The lowest BCUT2D eigenvalue weighted by Crippen LogP contribution is -2.53. The van der Waals surface area contributed by atoms with Gasteiger partial charge in [-0.1, -0.05) is 85.3 Å². The predicted octanol–water partition coefficient (Wildman–Crippen LogP) is 5.96. The number of anilines is 1. The molecule has 0 saturated carbocycles. The van der Waals surface area contributed by atoms with Crippen molar-refractivity contribution >= 4 is 50.1 Å². The maximum absolute atomic E-state index is 14.4. The fourth-order valence-electron chi connectivity index (χ4n) is 4.78. The van der Waals surface area contributed by atoms with Gasteiger partial charge < -0.3 is 10.2 Å². The second-order valence-corrected chi connectivity index (χ2v) is 13.4. The number of carbonyl (C=O) groups is 2. The highest BCUT2D eigenvalue weighted by Gasteiger charge is 2.34. The van der Waals surface area contributed by atoms with E-state index in [9.17, 15) is 18.0 Å². The predicted molar refractivity (Wildman–Crippen MR) is 179 cm³/mol. The van der Waals surface area contributed by atoms with Gasteiger partial charge in [-0.25, -0.2) is 8.42 Å². The zero-order valence-electron chi connectivity index (χ0n) is 24.3. The van der Waals surface area contributed by atoms with Crippen molar-refractivity contribution < 1.29 is 18.0 Å². The number of benzene rings is 4. The van der Waals surface area contributed by atoms with Crippen molar-refractivity contribution in [2.24, 2.45) is 0 Å². The summed E-state index contributed by atoms with van der Waals surface area (Å²) < 4.78 is 30.0. The fourth-order valence-corrected chi connectivity index (χ4v) is 6.58. The number of halogens is 1. The van der Waals surface area contributed by atoms with Crippen LogP contribution in [0.2, 0.25) is 0 Å². The van der Waals surface area contributed by atoms with Gasteiger partial charge in [0.2, 0.25) is 11.8 Å². The first kappa shape index (κ1) is 32.2. The van der Waals surface area contributed by atoms with E-state index in [1.54, 1.807) is 42.5 Å². The number of hydrogen-bond acceptors (Lipinski definition) is 4.